The number of carbonyl (C=O) groups is 2. The average molecular weight is 275 g/mol. The zero-order chi connectivity index (χ0) is 15.0. The molecule has 2 N–H and O–H groups in total. The van der Waals surface area contributed by atoms with Gasteiger partial charge in [0, 0.05) is 12.5 Å². The summed E-state index contributed by atoms with van der Waals surface area (Å²) >= 11 is 0. The van der Waals surface area contributed by atoms with Gasteiger partial charge >= 0.3 is 5.97 Å². The number of amides is 1. The van der Waals surface area contributed by atoms with E-state index in [0.29, 0.717) is 19.3 Å². The monoisotopic (exact) mass is 275 g/mol. The van der Waals surface area contributed by atoms with Gasteiger partial charge in [-0.1, -0.05) is 30.3 Å². The number of aryl methyl sites for hydroxylation is 1. The normalized spacial score (nSPS) is 11.7. The molecule has 1 rings (SSSR count). The summed E-state index contributed by atoms with van der Waals surface area (Å²) in [6.45, 7) is 5.54. The molecule has 0 spiro atoms. The first kappa shape index (κ1) is 16.0. The molecular weight excluding hydrogens is 254 g/mol. The minimum Gasteiger partial charge on any atom is -0.481 e. The van der Waals surface area contributed by atoms with Gasteiger partial charge in [0.15, 0.2) is 0 Å². The minimum absolute atomic E-state index is 0.0752. The number of allylic oxidation sites excluding steroid dienone is 1. The van der Waals surface area contributed by atoms with Gasteiger partial charge in [-0.3, -0.25) is 9.59 Å². The maximum Gasteiger partial charge on any atom is 0.305 e. The molecule has 0 aliphatic carbocycles. The first-order valence-electron chi connectivity index (χ1n) is 6.69. The van der Waals surface area contributed by atoms with E-state index in [1.165, 1.54) is 0 Å². The third kappa shape index (κ3) is 5.69. The molecule has 0 radical (unpaired) electrons. The van der Waals surface area contributed by atoms with E-state index in [1.54, 1.807) is 6.08 Å². The summed E-state index contributed by atoms with van der Waals surface area (Å²) in [6.07, 6.45) is 3.06. The van der Waals surface area contributed by atoms with Gasteiger partial charge in [-0.05, 0) is 30.9 Å². The Morgan fingerprint density at radius 3 is 2.70 bits per heavy atom. The van der Waals surface area contributed by atoms with Crippen LogP contribution in [0.2, 0.25) is 0 Å². The highest BCUT2D eigenvalue weighted by atomic mass is 16.4. The van der Waals surface area contributed by atoms with Crippen LogP contribution in [0.1, 0.15) is 30.4 Å². The van der Waals surface area contributed by atoms with Gasteiger partial charge in [-0.15, -0.1) is 6.58 Å². The van der Waals surface area contributed by atoms with Crippen molar-refractivity contribution in [2.24, 2.45) is 0 Å². The van der Waals surface area contributed by atoms with E-state index in [0.717, 1.165) is 11.1 Å². The summed E-state index contributed by atoms with van der Waals surface area (Å²) in [4.78, 5) is 22.6. The lowest BCUT2D eigenvalue weighted by Crippen LogP contribution is -2.38. The first-order chi connectivity index (χ1) is 9.52. The number of nitrogens with one attached hydrogen (secondary N) is 1. The van der Waals surface area contributed by atoms with E-state index >= 15 is 0 Å². The third-order valence-electron chi connectivity index (χ3n) is 3.09. The quantitative estimate of drug-likeness (QED) is 0.716. The van der Waals surface area contributed by atoms with Crippen molar-refractivity contribution in [3.63, 3.8) is 0 Å². The van der Waals surface area contributed by atoms with E-state index in [4.69, 9.17) is 5.11 Å². The second-order valence-corrected chi connectivity index (χ2v) is 4.82. The van der Waals surface area contributed by atoms with Crippen LogP contribution in [0, 0.1) is 6.92 Å². The first-order valence-corrected chi connectivity index (χ1v) is 6.69. The maximum absolute atomic E-state index is 11.7. The number of hydrogen-bond acceptors (Lipinski definition) is 2. The Kier molecular flexibility index (Phi) is 6.50. The molecule has 0 aromatic heterocycles. The second kappa shape index (κ2) is 8.15. The van der Waals surface area contributed by atoms with Crippen LogP contribution in [0.25, 0.3) is 0 Å². The Hall–Kier alpha value is -2.10. The third-order valence-corrected chi connectivity index (χ3v) is 3.09. The SMILES string of the molecule is C=CCCC(=O)N[C@@H](CC(=O)O)Cc1ccccc1C. The fourth-order valence-electron chi connectivity index (χ4n) is 2.02. The second-order valence-electron chi connectivity index (χ2n) is 4.82. The number of carbonyl (C=O) groups excluding carboxylic acids is 1. The number of carboxylic acids is 1. The number of hydrogen-bond donors (Lipinski definition) is 2. The van der Waals surface area contributed by atoms with Crippen molar-refractivity contribution >= 4 is 11.9 Å². The zero-order valence-corrected chi connectivity index (χ0v) is 11.8. The van der Waals surface area contributed by atoms with Crippen molar-refractivity contribution in [1.29, 1.82) is 0 Å². The molecule has 20 heavy (non-hydrogen) atoms. The van der Waals surface area contributed by atoms with E-state index in [1.807, 2.05) is 31.2 Å². The summed E-state index contributed by atoms with van der Waals surface area (Å²) in [6, 6.07) is 7.41. The van der Waals surface area contributed by atoms with Gasteiger partial charge in [0.25, 0.3) is 0 Å². The Balaban J connectivity index is 2.69. The molecule has 0 heterocycles. The predicted octanol–water partition coefficient (Wildman–Crippen LogP) is 2.46. The summed E-state index contributed by atoms with van der Waals surface area (Å²) in [5.41, 5.74) is 2.16. The largest absolute Gasteiger partial charge is 0.481 e. The molecule has 1 amide bonds. The van der Waals surface area contributed by atoms with Crippen molar-refractivity contribution in [2.45, 2.75) is 38.6 Å². The van der Waals surface area contributed by atoms with Crippen LogP contribution in [-0.4, -0.2) is 23.0 Å². The van der Waals surface area contributed by atoms with Gasteiger partial charge in [-0.25, -0.2) is 0 Å². The summed E-state index contributed by atoms with van der Waals surface area (Å²) in [7, 11) is 0. The van der Waals surface area contributed by atoms with Crippen LogP contribution >= 0.6 is 0 Å². The predicted molar refractivity (Wildman–Crippen MR) is 78.5 cm³/mol. The summed E-state index contributed by atoms with van der Waals surface area (Å²) in [5, 5.41) is 11.7. The molecule has 4 heteroatoms. The van der Waals surface area contributed by atoms with Crippen molar-refractivity contribution in [1.82, 2.24) is 5.32 Å². The van der Waals surface area contributed by atoms with E-state index in [2.05, 4.69) is 11.9 Å². The van der Waals surface area contributed by atoms with Crippen LogP contribution in [0.15, 0.2) is 36.9 Å². The lowest BCUT2D eigenvalue weighted by Gasteiger charge is -2.18. The molecule has 4 nitrogen and oxygen atoms in total. The standard InChI is InChI=1S/C16H21NO3/c1-3-4-9-15(18)17-14(11-16(19)20)10-13-8-6-5-7-12(13)2/h3,5-8,14H,1,4,9-11H2,2H3,(H,17,18)(H,19,20)/t14-/m1/s1. The van der Waals surface area contributed by atoms with Crippen LogP contribution in [0.3, 0.4) is 0 Å². The van der Waals surface area contributed by atoms with Gasteiger partial charge in [0.2, 0.25) is 5.91 Å². The van der Waals surface area contributed by atoms with Crippen LogP contribution in [0.5, 0.6) is 0 Å². The van der Waals surface area contributed by atoms with Crippen LogP contribution in [0.4, 0.5) is 0 Å². The summed E-state index contributed by atoms with van der Waals surface area (Å²) < 4.78 is 0. The Morgan fingerprint density at radius 1 is 1.40 bits per heavy atom. The Labute approximate surface area is 119 Å². The zero-order valence-electron chi connectivity index (χ0n) is 11.8. The molecule has 1 aromatic carbocycles. The fourth-order valence-corrected chi connectivity index (χ4v) is 2.02. The molecule has 1 atom stereocenters. The van der Waals surface area contributed by atoms with Crippen molar-refractivity contribution in [3.8, 4) is 0 Å². The molecular formula is C16H21NO3. The fraction of sp³-hybridized carbons (Fsp3) is 0.375. The van der Waals surface area contributed by atoms with Crippen molar-refractivity contribution < 1.29 is 14.7 Å². The van der Waals surface area contributed by atoms with E-state index in [-0.39, 0.29) is 18.4 Å². The molecule has 1 aromatic rings. The molecule has 0 aliphatic heterocycles. The van der Waals surface area contributed by atoms with Crippen molar-refractivity contribution in [2.75, 3.05) is 0 Å². The lowest BCUT2D eigenvalue weighted by molar-refractivity contribution is -0.137. The molecule has 0 saturated heterocycles. The lowest BCUT2D eigenvalue weighted by atomic mass is 9.99. The Morgan fingerprint density at radius 2 is 2.10 bits per heavy atom. The molecule has 0 saturated carbocycles. The molecule has 0 bridgehead atoms. The topological polar surface area (TPSA) is 66.4 Å². The number of aliphatic carboxylic acids is 1. The maximum atomic E-state index is 11.7. The number of benzene rings is 1. The van der Waals surface area contributed by atoms with Gasteiger partial charge < -0.3 is 10.4 Å². The molecule has 0 aliphatic rings. The van der Waals surface area contributed by atoms with Crippen LogP contribution in [-0.2, 0) is 16.0 Å². The average Bonchev–Trinajstić information content (AvgIpc) is 2.38. The van der Waals surface area contributed by atoms with E-state index in [9.17, 15) is 9.59 Å². The number of rotatable bonds is 8. The molecule has 0 unspecified atom stereocenters. The molecule has 108 valence electrons. The van der Waals surface area contributed by atoms with Crippen molar-refractivity contribution in [3.05, 3.63) is 48.0 Å². The molecule has 0 fully saturated rings. The smallest absolute Gasteiger partial charge is 0.305 e. The number of carboxylic acid groups (broad SMARTS) is 1. The summed E-state index contributed by atoms with van der Waals surface area (Å²) in [5.74, 6) is -1.04. The highest BCUT2D eigenvalue weighted by molar-refractivity contribution is 5.77. The Bertz CT molecular complexity index is 482. The van der Waals surface area contributed by atoms with Gasteiger partial charge in [0.1, 0.15) is 0 Å². The minimum atomic E-state index is -0.910. The van der Waals surface area contributed by atoms with Gasteiger partial charge in [0.05, 0.1) is 6.42 Å². The highest BCUT2D eigenvalue weighted by Gasteiger charge is 2.17. The van der Waals surface area contributed by atoms with E-state index < -0.39 is 5.97 Å². The highest BCUT2D eigenvalue weighted by Crippen LogP contribution is 2.11. The van der Waals surface area contributed by atoms with Crippen LogP contribution < -0.4 is 5.32 Å². The van der Waals surface area contributed by atoms with Gasteiger partial charge in [-0.2, -0.15) is 0 Å².